The number of esters is 1. The summed E-state index contributed by atoms with van der Waals surface area (Å²) in [5.41, 5.74) is 2.01. The average Bonchev–Trinajstić information content (AvgIpc) is 3.15. The van der Waals surface area contributed by atoms with Crippen molar-refractivity contribution in [3.05, 3.63) is 29.4 Å². The van der Waals surface area contributed by atoms with Crippen LogP contribution in [0.25, 0.3) is 0 Å². The number of rotatable bonds is 5. The Labute approximate surface area is 149 Å². The number of amides is 1. The van der Waals surface area contributed by atoms with Crippen LogP contribution in [0.4, 0.5) is 10.9 Å². The first kappa shape index (κ1) is 17.3. The summed E-state index contributed by atoms with van der Waals surface area (Å²) in [5, 5.41) is 10.9. The molecule has 2 aromatic rings. The lowest BCUT2D eigenvalue weighted by Gasteiger charge is -2.32. The van der Waals surface area contributed by atoms with E-state index in [4.69, 9.17) is 4.74 Å². The molecule has 0 aromatic carbocycles. The highest BCUT2D eigenvalue weighted by molar-refractivity contribution is 7.13. The number of ether oxygens (including phenoxy) is 1. The summed E-state index contributed by atoms with van der Waals surface area (Å²) in [4.78, 5) is 30.5. The van der Waals surface area contributed by atoms with Gasteiger partial charge in [0.25, 0.3) is 0 Å². The van der Waals surface area contributed by atoms with Crippen LogP contribution in [0.15, 0.2) is 23.8 Å². The highest BCUT2D eigenvalue weighted by atomic mass is 32.1. The lowest BCUT2D eigenvalue weighted by molar-refractivity contribution is -0.120. The number of pyridine rings is 1. The van der Waals surface area contributed by atoms with E-state index in [1.54, 1.807) is 24.6 Å². The summed E-state index contributed by atoms with van der Waals surface area (Å²) in [6.45, 7) is 3.50. The van der Waals surface area contributed by atoms with Crippen molar-refractivity contribution in [1.82, 2.24) is 15.2 Å². The molecule has 0 radical (unpaired) electrons. The van der Waals surface area contributed by atoms with Crippen molar-refractivity contribution in [2.75, 3.05) is 29.9 Å². The lowest BCUT2D eigenvalue weighted by atomic mass is 9.97. The fourth-order valence-corrected chi connectivity index (χ4v) is 3.19. The molecule has 8 nitrogen and oxygen atoms in total. The second-order valence-electron chi connectivity index (χ2n) is 5.64. The highest BCUT2D eigenvalue weighted by Gasteiger charge is 2.27. The Hall–Kier alpha value is -2.55. The first-order chi connectivity index (χ1) is 12.2. The third kappa shape index (κ3) is 4.30. The smallest absolute Gasteiger partial charge is 0.339 e. The van der Waals surface area contributed by atoms with Gasteiger partial charge in [-0.15, -0.1) is 10.2 Å². The SMILES string of the molecule is CCOC(=O)c1ccc(N2CCCC(C(=O)Nc3nncs3)C2)nc1. The molecule has 0 spiro atoms. The van der Waals surface area contributed by atoms with Crippen LogP contribution in [0, 0.1) is 5.92 Å². The molecule has 0 saturated carbocycles. The van der Waals surface area contributed by atoms with E-state index in [1.807, 2.05) is 0 Å². The minimum absolute atomic E-state index is 0.0513. The molecule has 0 aliphatic carbocycles. The van der Waals surface area contributed by atoms with Gasteiger partial charge in [0, 0.05) is 19.3 Å². The number of hydrogen-bond acceptors (Lipinski definition) is 8. The number of carbonyl (C=O) groups excluding carboxylic acids is 2. The topological polar surface area (TPSA) is 97.3 Å². The van der Waals surface area contributed by atoms with Gasteiger partial charge in [-0.3, -0.25) is 4.79 Å². The third-order valence-electron chi connectivity index (χ3n) is 3.97. The van der Waals surface area contributed by atoms with Gasteiger partial charge in [-0.25, -0.2) is 9.78 Å². The molecule has 1 aliphatic rings. The molecule has 1 amide bonds. The molecule has 1 fully saturated rings. The van der Waals surface area contributed by atoms with Crippen molar-refractivity contribution in [3.63, 3.8) is 0 Å². The maximum absolute atomic E-state index is 12.4. The molecule has 25 heavy (non-hydrogen) atoms. The molecule has 9 heteroatoms. The molecule has 1 saturated heterocycles. The van der Waals surface area contributed by atoms with Crippen LogP contribution in [0.1, 0.15) is 30.1 Å². The van der Waals surface area contributed by atoms with E-state index in [2.05, 4.69) is 25.4 Å². The number of carbonyl (C=O) groups is 2. The van der Waals surface area contributed by atoms with Gasteiger partial charge in [0.2, 0.25) is 11.0 Å². The minimum atomic E-state index is -0.380. The van der Waals surface area contributed by atoms with Crippen molar-refractivity contribution < 1.29 is 14.3 Å². The fraction of sp³-hybridized carbons (Fsp3) is 0.438. The number of aromatic nitrogens is 3. The first-order valence-corrected chi connectivity index (χ1v) is 9.00. The molecular weight excluding hydrogens is 342 g/mol. The van der Waals surface area contributed by atoms with Crippen molar-refractivity contribution >= 4 is 34.2 Å². The van der Waals surface area contributed by atoms with Crippen molar-refractivity contribution in [2.24, 2.45) is 5.92 Å². The number of piperidine rings is 1. The number of hydrogen-bond donors (Lipinski definition) is 1. The molecule has 132 valence electrons. The molecule has 1 unspecified atom stereocenters. The predicted molar refractivity (Wildman–Crippen MR) is 93.7 cm³/mol. The van der Waals surface area contributed by atoms with Crippen LogP contribution in [0.2, 0.25) is 0 Å². The molecule has 1 atom stereocenters. The predicted octanol–water partition coefficient (Wildman–Crippen LogP) is 1.96. The molecule has 2 aromatic heterocycles. The Morgan fingerprint density at radius 1 is 1.44 bits per heavy atom. The van der Waals surface area contributed by atoms with E-state index < -0.39 is 0 Å². The third-order valence-corrected chi connectivity index (χ3v) is 4.57. The van der Waals surface area contributed by atoms with Crippen LogP contribution >= 0.6 is 11.3 Å². The maximum Gasteiger partial charge on any atom is 0.339 e. The summed E-state index contributed by atoms with van der Waals surface area (Å²) in [7, 11) is 0. The van der Waals surface area contributed by atoms with Crippen molar-refractivity contribution in [3.8, 4) is 0 Å². The molecule has 0 bridgehead atoms. The standard InChI is InChI=1S/C16H19N5O3S/c1-2-24-15(23)11-5-6-13(17-8-11)21-7-3-4-12(9-21)14(22)19-16-20-18-10-25-16/h5-6,8,10,12H,2-4,7,9H2,1H3,(H,19,20,22). The summed E-state index contributed by atoms with van der Waals surface area (Å²) in [6, 6.07) is 3.49. The van der Waals surface area contributed by atoms with Crippen molar-refractivity contribution in [2.45, 2.75) is 19.8 Å². The zero-order valence-electron chi connectivity index (χ0n) is 13.8. The van der Waals surface area contributed by atoms with Gasteiger partial charge in [0.15, 0.2) is 0 Å². The van der Waals surface area contributed by atoms with Crippen molar-refractivity contribution in [1.29, 1.82) is 0 Å². The molecule has 3 heterocycles. The first-order valence-electron chi connectivity index (χ1n) is 8.12. The van der Waals surface area contributed by atoms with E-state index in [0.717, 1.165) is 25.2 Å². The van der Waals surface area contributed by atoms with Gasteiger partial charge >= 0.3 is 5.97 Å². The zero-order valence-corrected chi connectivity index (χ0v) is 14.7. The monoisotopic (exact) mass is 361 g/mol. The summed E-state index contributed by atoms with van der Waals surface area (Å²) in [6.07, 6.45) is 3.23. The van der Waals surface area contributed by atoms with E-state index in [1.165, 1.54) is 17.5 Å². The summed E-state index contributed by atoms with van der Waals surface area (Å²) < 4.78 is 4.96. The Kier molecular flexibility index (Phi) is 5.54. The number of nitrogens with one attached hydrogen (secondary N) is 1. The van der Waals surface area contributed by atoms with Crippen LogP contribution in [0.5, 0.6) is 0 Å². The largest absolute Gasteiger partial charge is 0.462 e. The van der Waals surface area contributed by atoms with Gasteiger partial charge in [-0.2, -0.15) is 0 Å². The molecule has 3 rings (SSSR count). The molecular formula is C16H19N5O3S. The van der Waals surface area contributed by atoms with Gasteiger partial charge in [0.1, 0.15) is 11.3 Å². The average molecular weight is 361 g/mol. The Bertz CT molecular complexity index is 720. The van der Waals surface area contributed by atoms with E-state index in [0.29, 0.717) is 23.8 Å². The van der Waals surface area contributed by atoms with Gasteiger partial charge in [0.05, 0.1) is 18.1 Å². The van der Waals surface area contributed by atoms with Gasteiger partial charge in [-0.05, 0) is 31.9 Å². The highest BCUT2D eigenvalue weighted by Crippen LogP contribution is 2.23. The van der Waals surface area contributed by atoms with E-state index in [-0.39, 0.29) is 17.8 Å². The van der Waals surface area contributed by atoms with Crippen LogP contribution < -0.4 is 10.2 Å². The Balaban J connectivity index is 1.62. The maximum atomic E-state index is 12.4. The van der Waals surface area contributed by atoms with Crippen LogP contribution in [0.3, 0.4) is 0 Å². The molecule has 1 aliphatic heterocycles. The number of anilines is 2. The van der Waals surface area contributed by atoms with Crippen LogP contribution in [-0.2, 0) is 9.53 Å². The quantitative estimate of drug-likeness (QED) is 0.813. The Morgan fingerprint density at radius 3 is 3.00 bits per heavy atom. The molecule has 1 N–H and O–H groups in total. The zero-order chi connectivity index (χ0) is 17.6. The van der Waals surface area contributed by atoms with Crippen LogP contribution in [-0.4, -0.2) is 46.8 Å². The fourth-order valence-electron chi connectivity index (χ4n) is 2.74. The minimum Gasteiger partial charge on any atom is -0.462 e. The second kappa shape index (κ2) is 8.02. The Morgan fingerprint density at radius 2 is 2.32 bits per heavy atom. The second-order valence-corrected chi connectivity index (χ2v) is 6.48. The lowest BCUT2D eigenvalue weighted by Crippen LogP contribution is -2.41. The summed E-state index contributed by atoms with van der Waals surface area (Å²) >= 11 is 1.30. The summed E-state index contributed by atoms with van der Waals surface area (Å²) in [5.74, 6) is 0.185. The van der Waals surface area contributed by atoms with Gasteiger partial charge in [-0.1, -0.05) is 11.3 Å². The normalized spacial score (nSPS) is 17.2. The van der Waals surface area contributed by atoms with E-state index >= 15 is 0 Å². The van der Waals surface area contributed by atoms with Gasteiger partial charge < -0.3 is 15.0 Å². The van der Waals surface area contributed by atoms with E-state index in [9.17, 15) is 9.59 Å². The number of nitrogens with zero attached hydrogens (tertiary/aromatic N) is 4.